The molecular weight excluding hydrogens is 306 g/mol. The highest BCUT2D eigenvalue weighted by Gasteiger charge is 2.15. The normalized spacial score (nSPS) is 11.9. The lowest BCUT2D eigenvalue weighted by Gasteiger charge is -2.15. The van der Waals surface area contributed by atoms with Crippen LogP contribution in [-0.2, 0) is 6.42 Å². The highest BCUT2D eigenvalue weighted by Crippen LogP contribution is 2.22. The Morgan fingerprint density at radius 3 is 2.71 bits per heavy atom. The number of ether oxygens (including phenoxy) is 1. The van der Waals surface area contributed by atoms with Gasteiger partial charge in [0.15, 0.2) is 0 Å². The molecule has 0 aliphatic carbocycles. The topological polar surface area (TPSA) is 76.4 Å². The standard InChI is InChI=1S/C18H25N3O3/c1-6-23-17-10-15(8-7-11(17)2)20-18(22)19-12(3)9-16-13(4)21-24-14(16)5/h7-8,10,12H,6,9H2,1-5H3,(H2,19,20,22)/t12-/m1/s1. The second-order valence-electron chi connectivity index (χ2n) is 5.92. The van der Waals surface area contributed by atoms with Crippen molar-refractivity contribution in [1.29, 1.82) is 0 Å². The fourth-order valence-electron chi connectivity index (χ4n) is 2.53. The highest BCUT2D eigenvalue weighted by atomic mass is 16.5. The molecule has 0 bridgehead atoms. The van der Waals surface area contributed by atoms with Crippen molar-refractivity contribution in [2.45, 2.75) is 47.1 Å². The fraction of sp³-hybridized carbons (Fsp3) is 0.444. The monoisotopic (exact) mass is 331 g/mol. The molecule has 130 valence electrons. The van der Waals surface area contributed by atoms with Gasteiger partial charge in [-0.3, -0.25) is 0 Å². The molecule has 0 fully saturated rings. The lowest BCUT2D eigenvalue weighted by Crippen LogP contribution is -2.37. The van der Waals surface area contributed by atoms with Crippen LogP contribution in [0.1, 0.15) is 36.4 Å². The summed E-state index contributed by atoms with van der Waals surface area (Å²) in [6.45, 7) is 10.2. The van der Waals surface area contributed by atoms with E-state index in [1.165, 1.54) is 0 Å². The molecule has 24 heavy (non-hydrogen) atoms. The number of nitrogens with one attached hydrogen (secondary N) is 2. The number of hydrogen-bond acceptors (Lipinski definition) is 4. The minimum atomic E-state index is -0.249. The zero-order chi connectivity index (χ0) is 17.7. The summed E-state index contributed by atoms with van der Waals surface area (Å²) in [5.41, 5.74) is 3.64. The molecule has 1 aromatic heterocycles. The Kier molecular flexibility index (Phi) is 5.84. The van der Waals surface area contributed by atoms with Crippen LogP contribution in [-0.4, -0.2) is 23.8 Å². The first-order chi connectivity index (χ1) is 11.4. The minimum Gasteiger partial charge on any atom is -0.494 e. The first-order valence-corrected chi connectivity index (χ1v) is 8.13. The molecule has 2 rings (SSSR count). The Morgan fingerprint density at radius 1 is 1.33 bits per heavy atom. The molecule has 0 radical (unpaired) electrons. The van der Waals surface area contributed by atoms with Gasteiger partial charge in [0.25, 0.3) is 0 Å². The average Bonchev–Trinajstić information content (AvgIpc) is 2.82. The van der Waals surface area contributed by atoms with Crippen LogP contribution in [0.15, 0.2) is 22.7 Å². The third kappa shape index (κ3) is 4.50. The van der Waals surface area contributed by atoms with E-state index < -0.39 is 0 Å². The van der Waals surface area contributed by atoms with Crippen LogP contribution in [0.25, 0.3) is 0 Å². The molecular formula is C18H25N3O3. The van der Waals surface area contributed by atoms with Crippen molar-refractivity contribution >= 4 is 11.7 Å². The van der Waals surface area contributed by atoms with E-state index in [-0.39, 0.29) is 12.1 Å². The second kappa shape index (κ2) is 7.86. The molecule has 2 amide bonds. The van der Waals surface area contributed by atoms with E-state index in [4.69, 9.17) is 9.26 Å². The van der Waals surface area contributed by atoms with Crippen LogP contribution in [0.4, 0.5) is 10.5 Å². The predicted octanol–water partition coefficient (Wildman–Crippen LogP) is 3.75. The van der Waals surface area contributed by atoms with Crippen molar-refractivity contribution in [2.24, 2.45) is 0 Å². The van der Waals surface area contributed by atoms with Crippen LogP contribution in [0.3, 0.4) is 0 Å². The lowest BCUT2D eigenvalue weighted by atomic mass is 10.1. The van der Waals surface area contributed by atoms with Gasteiger partial charge in [-0.15, -0.1) is 0 Å². The summed E-state index contributed by atoms with van der Waals surface area (Å²) in [4.78, 5) is 12.2. The van der Waals surface area contributed by atoms with Crippen LogP contribution < -0.4 is 15.4 Å². The smallest absolute Gasteiger partial charge is 0.319 e. The Balaban J connectivity index is 1.94. The van der Waals surface area contributed by atoms with E-state index in [2.05, 4.69) is 15.8 Å². The fourth-order valence-corrected chi connectivity index (χ4v) is 2.53. The zero-order valence-electron chi connectivity index (χ0n) is 14.9. The number of rotatable bonds is 6. The number of urea groups is 1. The van der Waals surface area contributed by atoms with Crippen molar-refractivity contribution in [3.63, 3.8) is 0 Å². The molecule has 2 aromatic rings. The maximum atomic E-state index is 12.2. The molecule has 0 saturated carbocycles. The molecule has 6 heteroatoms. The van der Waals surface area contributed by atoms with Crippen molar-refractivity contribution < 1.29 is 14.1 Å². The van der Waals surface area contributed by atoms with Gasteiger partial charge in [-0.1, -0.05) is 11.2 Å². The Labute approximate surface area is 142 Å². The van der Waals surface area contributed by atoms with Crippen LogP contribution in [0.2, 0.25) is 0 Å². The third-order valence-corrected chi connectivity index (χ3v) is 3.81. The van der Waals surface area contributed by atoms with Gasteiger partial charge in [0.05, 0.1) is 12.3 Å². The molecule has 1 heterocycles. The minimum absolute atomic E-state index is 0.0430. The Bertz CT molecular complexity index is 690. The summed E-state index contributed by atoms with van der Waals surface area (Å²) in [6, 6.07) is 5.32. The molecule has 0 unspecified atom stereocenters. The third-order valence-electron chi connectivity index (χ3n) is 3.81. The summed E-state index contributed by atoms with van der Waals surface area (Å²) in [7, 11) is 0. The number of amides is 2. The van der Waals surface area contributed by atoms with E-state index in [0.29, 0.717) is 18.7 Å². The molecule has 1 atom stereocenters. The second-order valence-corrected chi connectivity index (χ2v) is 5.92. The summed E-state index contributed by atoms with van der Waals surface area (Å²) in [5, 5.41) is 9.70. The number of anilines is 1. The quantitative estimate of drug-likeness (QED) is 0.845. The largest absolute Gasteiger partial charge is 0.494 e. The maximum absolute atomic E-state index is 12.2. The summed E-state index contributed by atoms with van der Waals surface area (Å²) in [5.74, 6) is 1.57. The Hall–Kier alpha value is -2.50. The number of nitrogens with zero attached hydrogens (tertiary/aromatic N) is 1. The van der Waals surface area contributed by atoms with Crippen LogP contribution >= 0.6 is 0 Å². The van der Waals surface area contributed by atoms with E-state index in [1.807, 2.05) is 52.8 Å². The molecule has 0 aliphatic heterocycles. The molecule has 2 N–H and O–H groups in total. The van der Waals surface area contributed by atoms with Gasteiger partial charge in [-0.2, -0.15) is 0 Å². The van der Waals surface area contributed by atoms with Crippen molar-refractivity contribution in [2.75, 3.05) is 11.9 Å². The number of benzene rings is 1. The van der Waals surface area contributed by atoms with E-state index >= 15 is 0 Å². The average molecular weight is 331 g/mol. The van der Waals surface area contributed by atoms with E-state index in [1.54, 1.807) is 0 Å². The predicted molar refractivity (Wildman–Crippen MR) is 93.6 cm³/mol. The SMILES string of the molecule is CCOc1cc(NC(=O)N[C@H](C)Cc2c(C)noc2C)ccc1C. The summed E-state index contributed by atoms with van der Waals surface area (Å²) in [6.07, 6.45) is 0.673. The molecule has 0 aliphatic rings. The number of aryl methyl sites for hydroxylation is 3. The summed E-state index contributed by atoms with van der Waals surface area (Å²) >= 11 is 0. The number of hydrogen-bond donors (Lipinski definition) is 2. The van der Waals surface area contributed by atoms with E-state index in [9.17, 15) is 4.79 Å². The van der Waals surface area contributed by atoms with Crippen molar-refractivity contribution in [3.05, 3.63) is 40.8 Å². The number of aromatic nitrogens is 1. The van der Waals surface area contributed by atoms with Crippen molar-refractivity contribution in [1.82, 2.24) is 10.5 Å². The lowest BCUT2D eigenvalue weighted by molar-refractivity contribution is 0.249. The Morgan fingerprint density at radius 2 is 2.08 bits per heavy atom. The van der Waals surface area contributed by atoms with Gasteiger partial charge in [0.2, 0.25) is 0 Å². The number of carbonyl (C=O) groups excluding carboxylic acids is 1. The first kappa shape index (κ1) is 17.8. The van der Waals surface area contributed by atoms with Crippen molar-refractivity contribution in [3.8, 4) is 5.75 Å². The van der Waals surface area contributed by atoms with Gasteiger partial charge < -0.3 is 19.9 Å². The zero-order valence-corrected chi connectivity index (χ0v) is 14.9. The molecule has 6 nitrogen and oxygen atoms in total. The maximum Gasteiger partial charge on any atom is 0.319 e. The molecule has 0 saturated heterocycles. The van der Waals surface area contributed by atoms with Crippen LogP contribution in [0, 0.1) is 20.8 Å². The first-order valence-electron chi connectivity index (χ1n) is 8.13. The molecule has 1 aromatic carbocycles. The van der Waals surface area contributed by atoms with Crippen LogP contribution in [0.5, 0.6) is 5.75 Å². The number of carbonyl (C=O) groups is 1. The molecule has 0 spiro atoms. The van der Waals surface area contributed by atoms with E-state index in [0.717, 1.165) is 28.3 Å². The van der Waals surface area contributed by atoms with Gasteiger partial charge >= 0.3 is 6.03 Å². The van der Waals surface area contributed by atoms with Gasteiger partial charge in [-0.05, 0) is 52.7 Å². The van der Waals surface area contributed by atoms with Gasteiger partial charge in [0.1, 0.15) is 11.5 Å². The highest BCUT2D eigenvalue weighted by molar-refractivity contribution is 5.89. The van der Waals surface area contributed by atoms with Gasteiger partial charge in [-0.25, -0.2) is 4.79 Å². The summed E-state index contributed by atoms with van der Waals surface area (Å²) < 4.78 is 10.7. The van der Waals surface area contributed by atoms with Gasteiger partial charge in [0, 0.05) is 23.4 Å².